The molecule has 0 fully saturated rings. The van der Waals surface area contributed by atoms with Crippen molar-refractivity contribution in [1.82, 2.24) is 0 Å². The maximum absolute atomic E-state index is 11.9. The molecule has 0 saturated carbocycles. The first-order chi connectivity index (χ1) is 9.17. The summed E-state index contributed by atoms with van der Waals surface area (Å²) < 4.78 is 0.982. The average molecular weight is 318 g/mol. The molecule has 0 heterocycles. The van der Waals surface area contributed by atoms with E-state index >= 15 is 0 Å². The monoisotopic (exact) mass is 317 g/mol. The Morgan fingerprint density at radius 3 is 2.58 bits per heavy atom. The standard InChI is InChI=1S/C15H12BrNO2/c16-13-6-4-11(5-7-13)9-15(19)17-14-3-1-2-12(8-14)10-18/h1-8,10H,9H2,(H,17,19). The Morgan fingerprint density at radius 1 is 1.16 bits per heavy atom. The number of hydrogen-bond acceptors (Lipinski definition) is 2. The SMILES string of the molecule is O=Cc1cccc(NC(=O)Cc2ccc(Br)cc2)c1. The number of carbonyl (C=O) groups is 2. The average Bonchev–Trinajstić information content (AvgIpc) is 2.41. The van der Waals surface area contributed by atoms with Crippen LogP contribution in [0, 0.1) is 0 Å². The van der Waals surface area contributed by atoms with E-state index in [1.54, 1.807) is 24.3 Å². The molecule has 0 aromatic heterocycles. The van der Waals surface area contributed by atoms with Gasteiger partial charge in [-0.3, -0.25) is 9.59 Å². The molecule has 3 nitrogen and oxygen atoms in total. The lowest BCUT2D eigenvalue weighted by atomic mass is 10.1. The second kappa shape index (κ2) is 6.29. The van der Waals surface area contributed by atoms with Crippen LogP contribution >= 0.6 is 15.9 Å². The lowest BCUT2D eigenvalue weighted by molar-refractivity contribution is -0.115. The highest BCUT2D eigenvalue weighted by Gasteiger charge is 2.04. The zero-order valence-electron chi connectivity index (χ0n) is 10.1. The van der Waals surface area contributed by atoms with Crippen molar-refractivity contribution in [3.63, 3.8) is 0 Å². The zero-order chi connectivity index (χ0) is 13.7. The van der Waals surface area contributed by atoms with Crippen molar-refractivity contribution in [3.8, 4) is 0 Å². The first kappa shape index (κ1) is 13.5. The Kier molecular flexibility index (Phi) is 4.47. The number of aldehydes is 1. The van der Waals surface area contributed by atoms with Crippen LogP contribution in [-0.2, 0) is 11.2 Å². The fraction of sp³-hybridized carbons (Fsp3) is 0.0667. The lowest BCUT2D eigenvalue weighted by Crippen LogP contribution is -2.14. The minimum Gasteiger partial charge on any atom is -0.326 e. The van der Waals surface area contributed by atoms with Gasteiger partial charge in [0.25, 0.3) is 0 Å². The van der Waals surface area contributed by atoms with Gasteiger partial charge in [-0.05, 0) is 29.8 Å². The number of amides is 1. The van der Waals surface area contributed by atoms with Crippen LogP contribution in [0.15, 0.2) is 53.0 Å². The summed E-state index contributed by atoms with van der Waals surface area (Å²) in [5.74, 6) is -0.106. The molecular formula is C15H12BrNO2. The Hall–Kier alpha value is -1.94. The van der Waals surface area contributed by atoms with Gasteiger partial charge in [-0.25, -0.2) is 0 Å². The van der Waals surface area contributed by atoms with E-state index in [0.29, 0.717) is 17.7 Å². The Bertz CT molecular complexity index is 593. The number of carbonyl (C=O) groups excluding carboxylic acids is 2. The molecule has 96 valence electrons. The number of anilines is 1. The van der Waals surface area contributed by atoms with E-state index in [1.807, 2.05) is 24.3 Å². The van der Waals surface area contributed by atoms with Gasteiger partial charge in [-0.2, -0.15) is 0 Å². The van der Waals surface area contributed by atoms with Gasteiger partial charge < -0.3 is 5.32 Å². The molecule has 0 atom stereocenters. The molecule has 2 rings (SSSR count). The number of benzene rings is 2. The van der Waals surface area contributed by atoms with E-state index in [9.17, 15) is 9.59 Å². The highest BCUT2D eigenvalue weighted by Crippen LogP contribution is 2.13. The van der Waals surface area contributed by atoms with Crippen molar-refractivity contribution in [2.24, 2.45) is 0 Å². The van der Waals surface area contributed by atoms with Gasteiger partial charge in [0.05, 0.1) is 6.42 Å². The summed E-state index contributed by atoms with van der Waals surface area (Å²) >= 11 is 3.35. The van der Waals surface area contributed by atoms with E-state index in [-0.39, 0.29) is 5.91 Å². The molecule has 1 amide bonds. The molecule has 0 spiro atoms. The molecule has 0 aliphatic carbocycles. The van der Waals surface area contributed by atoms with Crippen molar-refractivity contribution in [2.75, 3.05) is 5.32 Å². The van der Waals surface area contributed by atoms with E-state index in [0.717, 1.165) is 16.3 Å². The van der Waals surface area contributed by atoms with Crippen LogP contribution in [0.3, 0.4) is 0 Å². The van der Waals surface area contributed by atoms with Gasteiger partial charge in [-0.15, -0.1) is 0 Å². The van der Waals surface area contributed by atoms with Crippen molar-refractivity contribution in [1.29, 1.82) is 0 Å². The lowest BCUT2D eigenvalue weighted by Gasteiger charge is -2.06. The number of nitrogens with one attached hydrogen (secondary N) is 1. The number of halogens is 1. The van der Waals surface area contributed by atoms with Crippen LogP contribution in [-0.4, -0.2) is 12.2 Å². The maximum Gasteiger partial charge on any atom is 0.228 e. The molecule has 2 aromatic rings. The van der Waals surface area contributed by atoms with Gasteiger partial charge in [0.2, 0.25) is 5.91 Å². The summed E-state index contributed by atoms with van der Waals surface area (Å²) in [6.45, 7) is 0. The van der Waals surface area contributed by atoms with E-state index in [1.165, 1.54) is 0 Å². The van der Waals surface area contributed by atoms with Crippen LogP contribution in [0.25, 0.3) is 0 Å². The number of hydrogen-bond donors (Lipinski definition) is 1. The molecule has 0 aliphatic rings. The van der Waals surface area contributed by atoms with E-state index < -0.39 is 0 Å². The molecule has 0 aliphatic heterocycles. The third-order valence-electron chi connectivity index (χ3n) is 2.58. The fourth-order valence-electron chi connectivity index (χ4n) is 1.68. The molecule has 2 aromatic carbocycles. The first-order valence-corrected chi connectivity index (χ1v) is 6.56. The highest BCUT2D eigenvalue weighted by molar-refractivity contribution is 9.10. The van der Waals surface area contributed by atoms with Crippen LogP contribution < -0.4 is 5.32 Å². The summed E-state index contributed by atoms with van der Waals surface area (Å²) in [7, 11) is 0. The topological polar surface area (TPSA) is 46.2 Å². The highest BCUT2D eigenvalue weighted by atomic mass is 79.9. The molecule has 0 bridgehead atoms. The summed E-state index contributed by atoms with van der Waals surface area (Å²) in [4.78, 5) is 22.5. The van der Waals surface area contributed by atoms with Crippen LogP contribution in [0.5, 0.6) is 0 Å². The predicted molar refractivity (Wildman–Crippen MR) is 78.3 cm³/mol. The zero-order valence-corrected chi connectivity index (χ0v) is 11.7. The molecule has 0 unspecified atom stereocenters. The summed E-state index contributed by atoms with van der Waals surface area (Å²) in [5.41, 5.74) is 2.11. The minimum atomic E-state index is -0.106. The fourth-order valence-corrected chi connectivity index (χ4v) is 1.95. The van der Waals surface area contributed by atoms with Crippen molar-refractivity contribution < 1.29 is 9.59 Å². The predicted octanol–water partition coefficient (Wildman–Crippen LogP) is 3.44. The summed E-state index contributed by atoms with van der Waals surface area (Å²) in [6, 6.07) is 14.4. The van der Waals surface area contributed by atoms with Gasteiger partial charge in [0, 0.05) is 15.7 Å². The van der Waals surface area contributed by atoms with Crippen LogP contribution in [0.1, 0.15) is 15.9 Å². The quantitative estimate of drug-likeness (QED) is 0.878. The molecule has 0 saturated heterocycles. The largest absolute Gasteiger partial charge is 0.326 e. The Labute approximate surface area is 119 Å². The molecule has 19 heavy (non-hydrogen) atoms. The van der Waals surface area contributed by atoms with Crippen molar-refractivity contribution in [2.45, 2.75) is 6.42 Å². The summed E-state index contributed by atoms with van der Waals surface area (Å²) in [5, 5.41) is 2.77. The smallest absolute Gasteiger partial charge is 0.228 e. The number of rotatable bonds is 4. The second-order valence-corrected chi connectivity index (χ2v) is 5.01. The summed E-state index contributed by atoms with van der Waals surface area (Å²) in [6.07, 6.45) is 1.06. The maximum atomic E-state index is 11.9. The first-order valence-electron chi connectivity index (χ1n) is 5.77. The minimum absolute atomic E-state index is 0.106. The molecule has 4 heteroatoms. The molecular weight excluding hydrogens is 306 g/mol. The Morgan fingerprint density at radius 2 is 1.89 bits per heavy atom. The van der Waals surface area contributed by atoms with Crippen LogP contribution in [0.4, 0.5) is 5.69 Å². The van der Waals surface area contributed by atoms with Crippen LogP contribution in [0.2, 0.25) is 0 Å². The van der Waals surface area contributed by atoms with Gasteiger partial charge >= 0.3 is 0 Å². The molecule has 0 radical (unpaired) electrons. The third-order valence-corrected chi connectivity index (χ3v) is 3.11. The van der Waals surface area contributed by atoms with Crippen molar-refractivity contribution >= 4 is 33.8 Å². The third kappa shape index (κ3) is 4.03. The normalized spacial score (nSPS) is 9.95. The molecule has 1 N–H and O–H groups in total. The van der Waals surface area contributed by atoms with Crippen molar-refractivity contribution in [3.05, 3.63) is 64.1 Å². The van der Waals surface area contributed by atoms with Gasteiger partial charge in [0.1, 0.15) is 6.29 Å². The Balaban J connectivity index is 2.00. The van der Waals surface area contributed by atoms with E-state index in [2.05, 4.69) is 21.2 Å². The van der Waals surface area contributed by atoms with E-state index in [4.69, 9.17) is 0 Å². The van der Waals surface area contributed by atoms with Gasteiger partial charge in [0.15, 0.2) is 0 Å². The van der Waals surface area contributed by atoms with Gasteiger partial charge in [-0.1, -0.05) is 40.2 Å². The second-order valence-electron chi connectivity index (χ2n) is 4.09.